The van der Waals surface area contributed by atoms with Gasteiger partial charge in [0.1, 0.15) is 5.60 Å². The van der Waals surface area contributed by atoms with Crippen LogP contribution >= 0.6 is 22.6 Å². The number of hydrogen-bond acceptors (Lipinski definition) is 3. The van der Waals surface area contributed by atoms with Crippen molar-refractivity contribution in [3.63, 3.8) is 0 Å². The molecular formula is C17H32INO3. The molecule has 1 atom stereocenters. The van der Waals surface area contributed by atoms with Crippen molar-refractivity contribution in [3.05, 3.63) is 0 Å². The van der Waals surface area contributed by atoms with Crippen LogP contribution in [0.3, 0.4) is 0 Å². The molecule has 1 aliphatic rings. The lowest BCUT2D eigenvalue weighted by molar-refractivity contribution is -0.0529. The Morgan fingerprint density at radius 1 is 1.23 bits per heavy atom. The second kappa shape index (κ2) is 8.71. The summed E-state index contributed by atoms with van der Waals surface area (Å²) in [6.45, 7) is 11.8. The molecule has 5 heteroatoms. The molecule has 0 aliphatic heterocycles. The molecule has 22 heavy (non-hydrogen) atoms. The lowest BCUT2D eigenvalue weighted by atomic mass is 10.1. The molecule has 0 saturated heterocycles. The number of rotatable bonds is 7. The predicted octanol–water partition coefficient (Wildman–Crippen LogP) is 4.64. The quantitative estimate of drug-likeness (QED) is 0.441. The van der Waals surface area contributed by atoms with Gasteiger partial charge in [-0.1, -0.05) is 35.4 Å². The summed E-state index contributed by atoms with van der Waals surface area (Å²) in [4.78, 5) is 14.0. The zero-order valence-corrected chi connectivity index (χ0v) is 16.9. The van der Waals surface area contributed by atoms with Crippen molar-refractivity contribution in [3.8, 4) is 0 Å². The minimum Gasteiger partial charge on any atom is -0.444 e. The molecular weight excluding hydrogens is 393 g/mol. The monoisotopic (exact) mass is 425 g/mol. The van der Waals surface area contributed by atoms with E-state index in [1.165, 1.54) is 25.7 Å². The zero-order valence-electron chi connectivity index (χ0n) is 14.8. The molecule has 130 valence electrons. The van der Waals surface area contributed by atoms with Gasteiger partial charge >= 0.3 is 6.09 Å². The first-order chi connectivity index (χ1) is 10.2. The summed E-state index contributed by atoms with van der Waals surface area (Å²) < 4.78 is 12.6. The molecule has 0 aromatic rings. The fraction of sp³-hybridized carbons (Fsp3) is 0.941. The van der Waals surface area contributed by atoms with Gasteiger partial charge in [-0.3, -0.25) is 0 Å². The van der Waals surface area contributed by atoms with Crippen LogP contribution in [0.1, 0.15) is 60.3 Å². The highest BCUT2D eigenvalue weighted by atomic mass is 127. The average Bonchev–Trinajstić information content (AvgIpc) is 2.94. The zero-order chi connectivity index (χ0) is 16.8. The third-order valence-electron chi connectivity index (χ3n) is 3.98. The fourth-order valence-corrected chi connectivity index (χ4v) is 3.12. The van der Waals surface area contributed by atoms with E-state index >= 15 is 0 Å². The number of alkyl halides is 1. The average molecular weight is 425 g/mol. The Balaban J connectivity index is 2.57. The van der Waals surface area contributed by atoms with Crippen LogP contribution in [0.25, 0.3) is 0 Å². The SMILES string of the molecule is CCN(CC(C)(CI)OCC1CCCC1)C(=O)OC(C)(C)C. The first-order valence-corrected chi connectivity index (χ1v) is 9.89. The third kappa shape index (κ3) is 7.02. The largest absolute Gasteiger partial charge is 0.444 e. The molecule has 0 heterocycles. The van der Waals surface area contributed by atoms with Gasteiger partial charge in [-0.25, -0.2) is 4.79 Å². The highest BCUT2D eigenvalue weighted by Crippen LogP contribution is 2.27. The van der Waals surface area contributed by atoms with Gasteiger partial charge in [0.05, 0.1) is 18.8 Å². The number of carbonyl (C=O) groups excluding carboxylic acids is 1. The highest BCUT2D eigenvalue weighted by Gasteiger charge is 2.32. The van der Waals surface area contributed by atoms with Crippen LogP contribution in [0.15, 0.2) is 0 Å². The summed E-state index contributed by atoms with van der Waals surface area (Å²) in [5.41, 5.74) is -0.772. The van der Waals surface area contributed by atoms with Crippen molar-refractivity contribution in [1.82, 2.24) is 4.90 Å². The van der Waals surface area contributed by atoms with E-state index in [1.807, 2.05) is 27.7 Å². The van der Waals surface area contributed by atoms with Crippen LogP contribution in [0.5, 0.6) is 0 Å². The Hall–Kier alpha value is -0.0400. The van der Waals surface area contributed by atoms with Gasteiger partial charge in [0, 0.05) is 11.0 Å². The van der Waals surface area contributed by atoms with E-state index in [2.05, 4.69) is 29.5 Å². The van der Waals surface area contributed by atoms with Crippen LogP contribution in [-0.2, 0) is 9.47 Å². The Morgan fingerprint density at radius 3 is 2.27 bits per heavy atom. The molecule has 0 N–H and O–H groups in total. The smallest absolute Gasteiger partial charge is 0.410 e. The molecule has 4 nitrogen and oxygen atoms in total. The second-order valence-electron chi connectivity index (χ2n) is 7.54. The molecule has 0 aromatic heterocycles. The Labute approximate surface area is 149 Å². The lowest BCUT2D eigenvalue weighted by Crippen LogP contribution is -2.48. The van der Waals surface area contributed by atoms with E-state index in [0.717, 1.165) is 11.0 Å². The van der Waals surface area contributed by atoms with E-state index in [9.17, 15) is 4.79 Å². The van der Waals surface area contributed by atoms with Crippen LogP contribution in [0, 0.1) is 5.92 Å². The van der Waals surface area contributed by atoms with E-state index in [4.69, 9.17) is 9.47 Å². The van der Waals surface area contributed by atoms with E-state index in [-0.39, 0.29) is 11.7 Å². The van der Waals surface area contributed by atoms with Crippen molar-refractivity contribution in [2.45, 2.75) is 71.5 Å². The van der Waals surface area contributed by atoms with Gasteiger partial charge in [0.15, 0.2) is 0 Å². The highest BCUT2D eigenvalue weighted by molar-refractivity contribution is 14.1. The van der Waals surface area contributed by atoms with E-state index in [1.54, 1.807) is 4.90 Å². The van der Waals surface area contributed by atoms with E-state index < -0.39 is 5.60 Å². The third-order valence-corrected chi connectivity index (χ3v) is 5.60. The summed E-state index contributed by atoms with van der Waals surface area (Å²) in [7, 11) is 0. The summed E-state index contributed by atoms with van der Waals surface area (Å²) in [5.74, 6) is 0.693. The van der Waals surface area contributed by atoms with Crippen LogP contribution in [0.2, 0.25) is 0 Å². The standard InChI is InChI=1S/C17H32INO3/c1-6-19(15(20)22-16(2,3)4)13-17(5,12-18)21-11-14-9-7-8-10-14/h14H,6-13H2,1-5H3. The first-order valence-electron chi connectivity index (χ1n) is 8.37. The summed E-state index contributed by atoms with van der Waals surface area (Å²) >= 11 is 2.35. The fourth-order valence-electron chi connectivity index (χ4n) is 2.66. The Bertz CT molecular complexity index is 350. The van der Waals surface area contributed by atoms with Gasteiger partial charge < -0.3 is 14.4 Å². The van der Waals surface area contributed by atoms with Crippen LogP contribution in [0.4, 0.5) is 4.79 Å². The molecule has 1 aliphatic carbocycles. The normalized spacial score (nSPS) is 19.0. The molecule has 0 radical (unpaired) electrons. The molecule has 1 fully saturated rings. The van der Waals surface area contributed by atoms with Crippen LogP contribution < -0.4 is 0 Å². The maximum atomic E-state index is 12.3. The number of amides is 1. The van der Waals surface area contributed by atoms with Gasteiger partial charge in [-0.2, -0.15) is 0 Å². The van der Waals surface area contributed by atoms with Gasteiger partial charge in [-0.15, -0.1) is 0 Å². The Kier molecular flexibility index (Phi) is 7.92. The molecule has 1 unspecified atom stereocenters. The van der Waals surface area contributed by atoms with Crippen molar-refractivity contribution >= 4 is 28.7 Å². The molecule has 0 bridgehead atoms. The lowest BCUT2D eigenvalue weighted by Gasteiger charge is -2.35. The molecule has 1 rings (SSSR count). The molecule has 1 amide bonds. The van der Waals surface area contributed by atoms with Crippen molar-refractivity contribution in [2.75, 3.05) is 24.1 Å². The van der Waals surface area contributed by atoms with Gasteiger partial charge in [0.2, 0.25) is 0 Å². The first kappa shape index (κ1) is 20.0. The molecule has 0 spiro atoms. The van der Waals surface area contributed by atoms with Gasteiger partial charge in [0.25, 0.3) is 0 Å². The van der Waals surface area contributed by atoms with Crippen molar-refractivity contribution in [2.24, 2.45) is 5.92 Å². The second-order valence-corrected chi connectivity index (χ2v) is 8.30. The van der Waals surface area contributed by atoms with Gasteiger partial charge in [-0.05, 0) is 53.4 Å². The van der Waals surface area contributed by atoms with Crippen molar-refractivity contribution in [1.29, 1.82) is 0 Å². The summed E-state index contributed by atoms with van der Waals surface area (Å²) in [6, 6.07) is 0. The molecule has 0 aromatic carbocycles. The number of halogens is 1. The Morgan fingerprint density at radius 2 is 1.82 bits per heavy atom. The maximum Gasteiger partial charge on any atom is 0.410 e. The number of ether oxygens (including phenoxy) is 2. The topological polar surface area (TPSA) is 38.8 Å². The van der Waals surface area contributed by atoms with E-state index in [0.29, 0.717) is 19.0 Å². The predicted molar refractivity (Wildman–Crippen MR) is 98.7 cm³/mol. The summed E-state index contributed by atoms with van der Waals surface area (Å²) in [5, 5.41) is 0. The minimum atomic E-state index is -0.462. The minimum absolute atomic E-state index is 0.254. The number of nitrogens with zero attached hydrogens (tertiary/aromatic N) is 1. The number of likely N-dealkylation sites (N-methyl/N-ethyl adjacent to an activating group) is 1. The maximum absolute atomic E-state index is 12.3. The number of carbonyl (C=O) groups is 1. The number of hydrogen-bond donors (Lipinski definition) is 0. The molecule has 1 saturated carbocycles. The van der Waals surface area contributed by atoms with Crippen LogP contribution in [-0.4, -0.2) is 46.3 Å². The van der Waals surface area contributed by atoms with Crippen molar-refractivity contribution < 1.29 is 14.3 Å². The summed E-state index contributed by atoms with van der Waals surface area (Å²) in [6.07, 6.45) is 4.96.